The fraction of sp³-hybridized carbons (Fsp3) is 0.889. The maximum Gasteiger partial charge on any atom is 0.294 e. The molecule has 1 fully saturated rings. The van der Waals surface area contributed by atoms with Gasteiger partial charge in [0.2, 0.25) is 0 Å². The van der Waals surface area contributed by atoms with E-state index in [0.717, 1.165) is 18.8 Å². The van der Waals surface area contributed by atoms with Crippen LogP contribution in [0.4, 0.5) is 0 Å². The summed E-state index contributed by atoms with van der Waals surface area (Å²) in [5.74, 6) is 0.764. The van der Waals surface area contributed by atoms with E-state index in [0.29, 0.717) is 0 Å². The first-order chi connectivity index (χ1) is 6.29. The number of hydrogen-bond donors (Lipinski definition) is 0. The zero-order valence-electron chi connectivity index (χ0n) is 7.78. The van der Waals surface area contributed by atoms with Crippen molar-refractivity contribution >= 4 is 0 Å². The van der Waals surface area contributed by atoms with Gasteiger partial charge >= 0.3 is 0 Å². The molecule has 1 aliphatic rings. The number of nitrogens with zero attached hydrogens (tertiary/aromatic N) is 1. The first-order valence-corrected chi connectivity index (χ1v) is 4.88. The topological polar surface area (TPSA) is 52.4 Å². The summed E-state index contributed by atoms with van der Waals surface area (Å²) in [6.45, 7) is 0.257. The van der Waals surface area contributed by atoms with Gasteiger partial charge in [0.05, 0.1) is 6.61 Å². The zero-order chi connectivity index (χ0) is 9.52. The minimum absolute atomic E-state index is 0.257. The number of hydrogen-bond acceptors (Lipinski definition) is 3. The lowest BCUT2D eigenvalue weighted by Crippen LogP contribution is -2.09. The normalized spacial score (nSPS) is 18.5. The molecule has 1 radical (unpaired) electrons. The molecule has 0 N–H and O–H groups in total. The van der Waals surface area contributed by atoms with Crippen molar-refractivity contribution < 1.29 is 9.92 Å². The summed E-state index contributed by atoms with van der Waals surface area (Å²) in [5, 5.41) is 9.12. The second-order valence-electron chi connectivity index (χ2n) is 3.51. The van der Waals surface area contributed by atoms with Gasteiger partial charge < -0.3 is 4.84 Å². The molecule has 0 saturated heterocycles. The molecule has 13 heavy (non-hydrogen) atoms. The highest BCUT2D eigenvalue weighted by molar-refractivity contribution is 4.76. The molecule has 4 nitrogen and oxygen atoms in total. The van der Waals surface area contributed by atoms with E-state index in [1.54, 1.807) is 0 Å². The smallest absolute Gasteiger partial charge is 0.294 e. The van der Waals surface area contributed by atoms with Gasteiger partial charge in [0.25, 0.3) is 5.09 Å². The van der Waals surface area contributed by atoms with Crippen LogP contribution in [0.1, 0.15) is 38.5 Å². The van der Waals surface area contributed by atoms with Gasteiger partial charge in [-0.2, -0.15) is 0 Å². The van der Waals surface area contributed by atoms with Crippen LogP contribution < -0.4 is 0 Å². The van der Waals surface area contributed by atoms with Crippen LogP contribution >= 0.6 is 0 Å². The van der Waals surface area contributed by atoms with Crippen molar-refractivity contribution in [3.8, 4) is 0 Å². The summed E-state index contributed by atoms with van der Waals surface area (Å²) in [6, 6.07) is 0. The van der Waals surface area contributed by atoms with Crippen LogP contribution in [-0.4, -0.2) is 11.7 Å². The highest BCUT2D eigenvalue weighted by Gasteiger charge is 2.12. The molecule has 0 aromatic carbocycles. The van der Waals surface area contributed by atoms with Crippen molar-refractivity contribution in [2.75, 3.05) is 6.61 Å². The molecular weight excluding hydrogens is 170 g/mol. The minimum atomic E-state index is -0.714. The summed E-state index contributed by atoms with van der Waals surface area (Å²) < 4.78 is 0. The van der Waals surface area contributed by atoms with Crippen LogP contribution in [0.15, 0.2) is 0 Å². The molecule has 1 rings (SSSR count). The van der Waals surface area contributed by atoms with Gasteiger partial charge in [-0.25, -0.2) is 0 Å². The Labute approximate surface area is 78.4 Å². The SMILES string of the molecule is O=[N+]([O-])OCCCC1CC[CH]CC1. The van der Waals surface area contributed by atoms with E-state index in [9.17, 15) is 10.1 Å². The van der Waals surface area contributed by atoms with Crippen LogP contribution in [0.3, 0.4) is 0 Å². The second-order valence-corrected chi connectivity index (χ2v) is 3.51. The lowest BCUT2D eigenvalue weighted by atomic mass is 9.86. The molecule has 1 saturated carbocycles. The molecule has 0 atom stereocenters. The largest absolute Gasteiger partial charge is 0.314 e. The molecular formula is C9H16NO3. The fourth-order valence-corrected chi connectivity index (χ4v) is 1.80. The molecule has 1 aliphatic carbocycles. The van der Waals surface area contributed by atoms with E-state index >= 15 is 0 Å². The van der Waals surface area contributed by atoms with Crippen molar-refractivity contribution in [2.24, 2.45) is 5.92 Å². The molecule has 75 valence electrons. The van der Waals surface area contributed by atoms with E-state index in [-0.39, 0.29) is 6.61 Å². The Morgan fingerprint density at radius 1 is 1.46 bits per heavy atom. The predicted octanol–water partition coefficient (Wildman–Crippen LogP) is 2.37. The van der Waals surface area contributed by atoms with Crippen LogP contribution in [0.5, 0.6) is 0 Å². The first-order valence-electron chi connectivity index (χ1n) is 4.88. The first kappa shape index (κ1) is 10.3. The maximum atomic E-state index is 9.83. The van der Waals surface area contributed by atoms with Crippen molar-refractivity contribution in [3.05, 3.63) is 16.5 Å². The third-order valence-corrected chi connectivity index (χ3v) is 2.51. The Morgan fingerprint density at radius 3 is 2.77 bits per heavy atom. The van der Waals surface area contributed by atoms with Gasteiger partial charge in [0.15, 0.2) is 0 Å². The third-order valence-electron chi connectivity index (χ3n) is 2.51. The van der Waals surface area contributed by atoms with Crippen LogP contribution in [-0.2, 0) is 4.84 Å². The second kappa shape index (κ2) is 5.78. The Balaban J connectivity index is 1.95. The predicted molar refractivity (Wildman–Crippen MR) is 48.4 cm³/mol. The quantitative estimate of drug-likeness (QED) is 0.376. The Morgan fingerprint density at radius 2 is 2.15 bits per heavy atom. The van der Waals surface area contributed by atoms with E-state index < -0.39 is 5.09 Å². The van der Waals surface area contributed by atoms with Crippen molar-refractivity contribution in [1.82, 2.24) is 0 Å². The summed E-state index contributed by atoms with van der Waals surface area (Å²) in [4.78, 5) is 14.1. The van der Waals surface area contributed by atoms with Crippen molar-refractivity contribution in [1.29, 1.82) is 0 Å². The molecule has 0 aromatic rings. The summed E-state index contributed by atoms with van der Waals surface area (Å²) in [6.07, 6.45) is 9.12. The summed E-state index contributed by atoms with van der Waals surface area (Å²) in [5.41, 5.74) is 0. The van der Waals surface area contributed by atoms with Gasteiger partial charge in [0.1, 0.15) is 0 Å². The van der Waals surface area contributed by atoms with Crippen LogP contribution in [0, 0.1) is 22.5 Å². The van der Waals surface area contributed by atoms with Crippen LogP contribution in [0.25, 0.3) is 0 Å². The molecule has 0 aromatic heterocycles. The van der Waals surface area contributed by atoms with Crippen molar-refractivity contribution in [2.45, 2.75) is 38.5 Å². The summed E-state index contributed by atoms with van der Waals surface area (Å²) >= 11 is 0. The molecule has 4 heteroatoms. The summed E-state index contributed by atoms with van der Waals surface area (Å²) in [7, 11) is 0. The molecule has 0 heterocycles. The highest BCUT2D eigenvalue weighted by Crippen LogP contribution is 2.26. The molecule has 0 amide bonds. The van der Waals surface area contributed by atoms with E-state index in [4.69, 9.17) is 0 Å². The van der Waals surface area contributed by atoms with E-state index in [1.807, 2.05) is 0 Å². The Kier molecular flexibility index (Phi) is 4.57. The minimum Gasteiger partial charge on any atom is -0.314 e. The van der Waals surface area contributed by atoms with Crippen molar-refractivity contribution in [3.63, 3.8) is 0 Å². The highest BCUT2D eigenvalue weighted by atomic mass is 16.9. The van der Waals surface area contributed by atoms with Gasteiger partial charge in [-0.3, -0.25) is 0 Å². The Hall–Kier alpha value is -0.800. The van der Waals surface area contributed by atoms with Gasteiger partial charge in [0, 0.05) is 0 Å². The van der Waals surface area contributed by atoms with Gasteiger partial charge in [-0.1, -0.05) is 12.8 Å². The van der Waals surface area contributed by atoms with Gasteiger partial charge in [-0.05, 0) is 38.0 Å². The monoisotopic (exact) mass is 186 g/mol. The average Bonchev–Trinajstić information content (AvgIpc) is 2.14. The van der Waals surface area contributed by atoms with E-state index in [1.165, 1.54) is 25.7 Å². The number of rotatable bonds is 5. The fourth-order valence-electron chi connectivity index (χ4n) is 1.80. The lowest BCUT2D eigenvalue weighted by molar-refractivity contribution is -0.757. The van der Waals surface area contributed by atoms with Gasteiger partial charge in [-0.15, -0.1) is 10.1 Å². The molecule has 0 aliphatic heterocycles. The third kappa shape index (κ3) is 4.70. The maximum absolute atomic E-state index is 9.83. The Bertz CT molecular complexity index is 155. The average molecular weight is 186 g/mol. The molecule has 0 unspecified atom stereocenters. The standard InChI is InChI=1S/C9H16NO3/c11-10(12)13-8-4-7-9-5-2-1-3-6-9/h1,9H,2-8H2. The lowest BCUT2D eigenvalue weighted by Gasteiger charge is -2.20. The van der Waals surface area contributed by atoms with Crippen LogP contribution in [0.2, 0.25) is 0 Å². The zero-order valence-corrected chi connectivity index (χ0v) is 7.78. The van der Waals surface area contributed by atoms with E-state index in [2.05, 4.69) is 11.3 Å². The molecule has 0 spiro atoms. The molecule has 0 bridgehead atoms.